The summed E-state index contributed by atoms with van der Waals surface area (Å²) in [7, 11) is 0. The average Bonchev–Trinajstić information content (AvgIpc) is 3.19. The second-order valence-corrected chi connectivity index (χ2v) is 7.29. The fourth-order valence-electron chi connectivity index (χ4n) is 3.95. The Morgan fingerprint density at radius 3 is 2.45 bits per heavy atom. The van der Waals surface area contributed by atoms with Crippen LogP contribution < -0.4 is 0 Å². The summed E-state index contributed by atoms with van der Waals surface area (Å²) in [6.07, 6.45) is 4.63. The number of aliphatic hydroxyl groups is 1. The Morgan fingerprint density at radius 2 is 1.93 bits per heavy atom. The molecule has 1 saturated heterocycles. The fourth-order valence-corrected chi connectivity index (χ4v) is 3.95. The molecule has 1 aromatic heterocycles. The SMILES string of the molecule is CCC[C@]1(C(=O)O)CCN(Cc2ccccc2Cn2cccn2)C[C@H]1O.O=CO. The number of hydrogen-bond donors (Lipinski definition) is 3. The lowest BCUT2D eigenvalue weighted by Gasteiger charge is -2.43. The highest BCUT2D eigenvalue weighted by molar-refractivity contribution is 5.75. The molecule has 1 aliphatic rings. The molecule has 8 nitrogen and oxygen atoms in total. The number of carbonyl (C=O) groups is 2. The summed E-state index contributed by atoms with van der Waals surface area (Å²) in [5.74, 6) is -0.870. The molecule has 1 aliphatic heterocycles. The van der Waals surface area contributed by atoms with Crippen LogP contribution in [0.15, 0.2) is 42.7 Å². The number of nitrogens with zero attached hydrogens (tertiary/aromatic N) is 3. The van der Waals surface area contributed by atoms with Crippen LogP contribution in [-0.2, 0) is 22.7 Å². The van der Waals surface area contributed by atoms with Gasteiger partial charge in [0.2, 0.25) is 0 Å². The monoisotopic (exact) mass is 403 g/mol. The summed E-state index contributed by atoms with van der Waals surface area (Å²) >= 11 is 0. The molecule has 1 fully saturated rings. The van der Waals surface area contributed by atoms with Gasteiger partial charge in [-0.25, -0.2) is 0 Å². The smallest absolute Gasteiger partial charge is 0.312 e. The number of carboxylic acids is 1. The van der Waals surface area contributed by atoms with E-state index >= 15 is 0 Å². The van der Waals surface area contributed by atoms with Crippen molar-refractivity contribution in [2.24, 2.45) is 5.41 Å². The molecule has 2 aromatic rings. The second-order valence-electron chi connectivity index (χ2n) is 7.29. The number of piperidine rings is 1. The molecular formula is C21H29N3O5. The van der Waals surface area contributed by atoms with Gasteiger partial charge in [-0.3, -0.25) is 19.2 Å². The van der Waals surface area contributed by atoms with E-state index in [9.17, 15) is 15.0 Å². The standard InChI is InChI=1S/C20H27N3O3.CH2O2/c1-2-8-20(19(25)26)9-12-22(15-18(20)24)13-16-6-3-4-7-17(16)14-23-11-5-10-21-23;2-1-3/h3-7,10-11,18,24H,2,8-9,12-15H2,1H3,(H,25,26);1H,(H,2,3)/t18-,20+;/m1./s1. The first kappa shape index (κ1) is 22.6. The van der Waals surface area contributed by atoms with Gasteiger partial charge >= 0.3 is 5.97 Å². The van der Waals surface area contributed by atoms with Crippen molar-refractivity contribution in [1.29, 1.82) is 0 Å². The van der Waals surface area contributed by atoms with Crippen LogP contribution in [0.1, 0.15) is 37.3 Å². The number of benzene rings is 1. The number of aliphatic hydroxyl groups excluding tert-OH is 1. The predicted molar refractivity (Wildman–Crippen MR) is 107 cm³/mol. The zero-order valence-electron chi connectivity index (χ0n) is 16.6. The zero-order chi connectivity index (χ0) is 21.3. The van der Waals surface area contributed by atoms with Crippen LogP contribution in [0, 0.1) is 5.41 Å². The maximum atomic E-state index is 11.8. The summed E-state index contributed by atoms with van der Waals surface area (Å²) in [5.41, 5.74) is 1.38. The molecule has 3 N–H and O–H groups in total. The van der Waals surface area contributed by atoms with E-state index < -0.39 is 17.5 Å². The molecule has 0 radical (unpaired) electrons. The Hall–Kier alpha value is -2.71. The van der Waals surface area contributed by atoms with Gasteiger partial charge in [-0.15, -0.1) is 0 Å². The number of likely N-dealkylation sites (tertiary alicyclic amines) is 1. The summed E-state index contributed by atoms with van der Waals surface area (Å²) in [4.78, 5) is 22.3. The summed E-state index contributed by atoms with van der Waals surface area (Å²) in [6, 6.07) is 10.1. The molecule has 0 aliphatic carbocycles. The zero-order valence-corrected chi connectivity index (χ0v) is 16.6. The highest BCUT2D eigenvalue weighted by Crippen LogP contribution is 2.37. The summed E-state index contributed by atoms with van der Waals surface area (Å²) < 4.78 is 1.89. The van der Waals surface area contributed by atoms with Crippen molar-refractivity contribution in [1.82, 2.24) is 14.7 Å². The van der Waals surface area contributed by atoms with Gasteiger partial charge in [-0.05, 0) is 36.6 Å². The number of carboxylic acid groups (broad SMARTS) is 2. The van der Waals surface area contributed by atoms with Crippen LogP contribution >= 0.6 is 0 Å². The molecule has 0 bridgehead atoms. The van der Waals surface area contributed by atoms with Gasteiger partial charge in [-0.1, -0.05) is 37.6 Å². The number of rotatable bonds is 7. The van der Waals surface area contributed by atoms with Crippen molar-refractivity contribution in [2.75, 3.05) is 13.1 Å². The molecule has 0 saturated carbocycles. The lowest BCUT2D eigenvalue weighted by molar-refractivity contribution is -0.164. The minimum atomic E-state index is -1.00. The molecule has 2 heterocycles. The first-order chi connectivity index (χ1) is 14.0. The second kappa shape index (κ2) is 10.7. The number of aromatic nitrogens is 2. The predicted octanol–water partition coefficient (Wildman–Crippen LogP) is 2.07. The van der Waals surface area contributed by atoms with Crippen molar-refractivity contribution in [2.45, 2.75) is 45.4 Å². The van der Waals surface area contributed by atoms with E-state index in [0.29, 0.717) is 39.0 Å². The average molecular weight is 403 g/mol. The van der Waals surface area contributed by atoms with E-state index in [0.717, 1.165) is 6.42 Å². The molecule has 1 aromatic carbocycles. The van der Waals surface area contributed by atoms with Gasteiger partial charge in [0, 0.05) is 25.5 Å². The highest BCUT2D eigenvalue weighted by Gasteiger charge is 2.47. The van der Waals surface area contributed by atoms with Crippen LogP contribution in [0.2, 0.25) is 0 Å². The lowest BCUT2D eigenvalue weighted by atomic mass is 9.72. The first-order valence-corrected chi connectivity index (χ1v) is 9.72. The van der Waals surface area contributed by atoms with Crippen molar-refractivity contribution in [3.63, 3.8) is 0 Å². The van der Waals surface area contributed by atoms with E-state index in [-0.39, 0.29) is 6.47 Å². The molecule has 8 heteroatoms. The van der Waals surface area contributed by atoms with Crippen LogP contribution in [0.3, 0.4) is 0 Å². The minimum absolute atomic E-state index is 0.250. The number of aliphatic carboxylic acids is 1. The third-order valence-electron chi connectivity index (χ3n) is 5.47. The molecular weight excluding hydrogens is 374 g/mol. The first-order valence-electron chi connectivity index (χ1n) is 9.72. The van der Waals surface area contributed by atoms with Gasteiger partial charge in [0.15, 0.2) is 0 Å². The topological polar surface area (TPSA) is 116 Å². The van der Waals surface area contributed by atoms with E-state index in [1.165, 1.54) is 11.1 Å². The largest absolute Gasteiger partial charge is 0.483 e. The molecule has 3 rings (SSSR count). The van der Waals surface area contributed by atoms with Crippen LogP contribution in [0.4, 0.5) is 0 Å². The van der Waals surface area contributed by atoms with Crippen LogP contribution in [0.25, 0.3) is 0 Å². The Bertz CT molecular complexity index is 780. The summed E-state index contributed by atoms with van der Waals surface area (Å²) in [6.45, 7) is 4.20. The minimum Gasteiger partial charge on any atom is -0.483 e. The molecule has 2 atom stereocenters. The van der Waals surface area contributed by atoms with Crippen LogP contribution in [0.5, 0.6) is 0 Å². The number of hydrogen-bond acceptors (Lipinski definition) is 5. The molecule has 158 valence electrons. The van der Waals surface area contributed by atoms with Gasteiger partial charge in [0.05, 0.1) is 18.1 Å². The molecule has 0 unspecified atom stereocenters. The van der Waals surface area contributed by atoms with E-state index in [1.807, 2.05) is 36.0 Å². The quantitative estimate of drug-likeness (QED) is 0.606. The van der Waals surface area contributed by atoms with Crippen molar-refractivity contribution in [3.8, 4) is 0 Å². The van der Waals surface area contributed by atoms with Gasteiger partial charge < -0.3 is 15.3 Å². The molecule has 0 spiro atoms. The lowest BCUT2D eigenvalue weighted by Crippen LogP contribution is -2.54. The van der Waals surface area contributed by atoms with E-state index in [4.69, 9.17) is 9.90 Å². The third kappa shape index (κ3) is 5.65. The fraction of sp³-hybridized carbons (Fsp3) is 0.476. The highest BCUT2D eigenvalue weighted by atomic mass is 16.4. The Kier molecular flexibility index (Phi) is 8.35. The Balaban J connectivity index is 0.000000941. The van der Waals surface area contributed by atoms with Crippen molar-refractivity contribution >= 4 is 12.4 Å². The van der Waals surface area contributed by atoms with Gasteiger partial charge in [0.25, 0.3) is 6.47 Å². The maximum absolute atomic E-state index is 11.8. The molecule has 0 amide bonds. The summed E-state index contributed by atoms with van der Waals surface area (Å²) in [5, 5.41) is 31.4. The van der Waals surface area contributed by atoms with E-state index in [2.05, 4.69) is 22.1 Å². The third-order valence-corrected chi connectivity index (χ3v) is 5.47. The normalized spacial score (nSPS) is 21.8. The maximum Gasteiger partial charge on any atom is 0.312 e. The van der Waals surface area contributed by atoms with Crippen molar-refractivity contribution in [3.05, 3.63) is 53.9 Å². The van der Waals surface area contributed by atoms with Gasteiger partial charge in [0.1, 0.15) is 0 Å². The van der Waals surface area contributed by atoms with Crippen LogP contribution in [-0.4, -0.2) is 61.6 Å². The Morgan fingerprint density at radius 1 is 1.28 bits per heavy atom. The van der Waals surface area contributed by atoms with Crippen molar-refractivity contribution < 1.29 is 24.9 Å². The van der Waals surface area contributed by atoms with E-state index in [1.54, 1.807) is 6.20 Å². The number of β-amino-alcohol motifs (C(OH)–C–C–N with tert-alkyl or cyclic N) is 1. The van der Waals surface area contributed by atoms with Gasteiger partial charge in [-0.2, -0.15) is 5.10 Å². The Labute approximate surface area is 170 Å². The molecule has 29 heavy (non-hydrogen) atoms.